The molecule has 1 spiro atoms. The molecule has 1 unspecified atom stereocenters. The van der Waals surface area contributed by atoms with E-state index in [2.05, 4.69) is 29.6 Å². The number of hydrogen-bond acceptors (Lipinski definition) is 4. The van der Waals surface area contributed by atoms with Gasteiger partial charge in [-0.15, -0.1) is 0 Å². The molecule has 0 radical (unpaired) electrons. The summed E-state index contributed by atoms with van der Waals surface area (Å²) in [6, 6.07) is 16.1. The van der Waals surface area contributed by atoms with Gasteiger partial charge in [0, 0.05) is 25.7 Å². The van der Waals surface area contributed by atoms with E-state index in [0.717, 1.165) is 68.4 Å². The van der Waals surface area contributed by atoms with Gasteiger partial charge in [-0.3, -0.25) is 9.59 Å². The van der Waals surface area contributed by atoms with Crippen LogP contribution in [0.25, 0.3) is 0 Å². The highest BCUT2D eigenvalue weighted by molar-refractivity contribution is 6.06. The van der Waals surface area contributed by atoms with Gasteiger partial charge in [0.05, 0.1) is 23.0 Å². The van der Waals surface area contributed by atoms with Crippen molar-refractivity contribution in [1.29, 1.82) is 0 Å². The van der Waals surface area contributed by atoms with Crippen LogP contribution in [0.15, 0.2) is 60.7 Å². The zero-order valence-corrected chi connectivity index (χ0v) is 22.1. The van der Waals surface area contributed by atoms with E-state index in [0.29, 0.717) is 13.1 Å². The van der Waals surface area contributed by atoms with Crippen LogP contribution in [-0.4, -0.2) is 36.1 Å². The molecule has 2 aromatic rings. The fraction of sp³-hybridized carbons (Fsp3) is 0.484. The predicted octanol–water partition coefficient (Wildman–Crippen LogP) is 6.21. The summed E-state index contributed by atoms with van der Waals surface area (Å²) in [4.78, 5) is 30.2. The summed E-state index contributed by atoms with van der Waals surface area (Å²) in [5, 5.41) is 3.48. The van der Waals surface area contributed by atoms with Crippen LogP contribution in [-0.2, 0) is 20.9 Å². The lowest BCUT2D eigenvalue weighted by Gasteiger charge is -2.42. The zero-order valence-electron chi connectivity index (χ0n) is 22.1. The molecule has 2 aromatic carbocycles. The van der Waals surface area contributed by atoms with Crippen LogP contribution in [0.2, 0.25) is 0 Å². The lowest BCUT2D eigenvalue weighted by atomic mass is 9.88. The van der Waals surface area contributed by atoms with Crippen LogP contribution in [0, 0.1) is 0 Å². The monoisotopic (exact) mass is 501 g/mol. The summed E-state index contributed by atoms with van der Waals surface area (Å²) in [6.45, 7) is 4.75. The van der Waals surface area contributed by atoms with E-state index in [1.807, 2.05) is 53.1 Å². The highest BCUT2D eigenvalue weighted by atomic mass is 16.5. The topological polar surface area (TPSA) is 61.9 Å². The second-order valence-electron chi connectivity index (χ2n) is 10.8. The zero-order chi connectivity index (χ0) is 25.8. The number of nitrogens with zero attached hydrogens (tertiary/aromatic N) is 2. The SMILES string of the molecule is CC(=O)N1c2ccc(NCc3ccccc3)cc2N(C(=O)C2CCC3(CCC/C=C\CCC3)O2)C[C@@H]1C. The Kier molecular flexibility index (Phi) is 7.65. The van der Waals surface area contributed by atoms with Crippen molar-refractivity contribution in [2.45, 2.75) is 89.5 Å². The Morgan fingerprint density at radius 1 is 1.00 bits per heavy atom. The van der Waals surface area contributed by atoms with E-state index in [9.17, 15) is 9.59 Å². The molecule has 1 fully saturated rings. The summed E-state index contributed by atoms with van der Waals surface area (Å²) in [5.74, 6) is 0.00694. The average molecular weight is 502 g/mol. The van der Waals surface area contributed by atoms with Crippen LogP contribution in [0.5, 0.6) is 0 Å². The van der Waals surface area contributed by atoms with E-state index in [1.165, 1.54) is 5.56 Å². The quantitative estimate of drug-likeness (QED) is 0.506. The third-order valence-electron chi connectivity index (χ3n) is 8.06. The smallest absolute Gasteiger partial charge is 0.256 e. The molecule has 2 heterocycles. The Morgan fingerprint density at radius 3 is 2.43 bits per heavy atom. The molecule has 2 aliphatic heterocycles. The lowest BCUT2D eigenvalue weighted by molar-refractivity contribution is -0.136. The predicted molar refractivity (Wildman–Crippen MR) is 149 cm³/mol. The Balaban J connectivity index is 1.38. The molecule has 0 saturated carbocycles. The molecule has 0 aromatic heterocycles. The maximum atomic E-state index is 14.0. The molecule has 2 amide bonds. The molecule has 3 aliphatic rings. The van der Waals surface area contributed by atoms with Gasteiger partial charge in [-0.05, 0) is 82.1 Å². The van der Waals surface area contributed by atoms with Crippen LogP contribution >= 0.6 is 0 Å². The number of rotatable bonds is 4. The maximum absolute atomic E-state index is 14.0. The lowest BCUT2D eigenvalue weighted by Crippen LogP contribution is -2.53. The number of benzene rings is 2. The van der Waals surface area contributed by atoms with Gasteiger partial charge in [-0.25, -0.2) is 0 Å². The Hall–Kier alpha value is -3.12. The summed E-state index contributed by atoms with van der Waals surface area (Å²) < 4.78 is 6.64. The minimum absolute atomic E-state index is 0.0129. The van der Waals surface area contributed by atoms with Crippen molar-refractivity contribution < 1.29 is 14.3 Å². The Labute approximate surface area is 220 Å². The van der Waals surface area contributed by atoms with Crippen molar-refractivity contribution in [1.82, 2.24) is 0 Å². The molecule has 196 valence electrons. The molecule has 6 heteroatoms. The van der Waals surface area contributed by atoms with Gasteiger partial charge >= 0.3 is 0 Å². The fourth-order valence-corrected chi connectivity index (χ4v) is 6.20. The van der Waals surface area contributed by atoms with Crippen LogP contribution in [0.1, 0.15) is 70.8 Å². The molecule has 37 heavy (non-hydrogen) atoms. The van der Waals surface area contributed by atoms with Crippen molar-refractivity contribution in [2.75, 3.05) is 21.7 Å². The molecule has 5 rings (SSSR count). The van der Waals surface area contributed by atoms with E-state index in [-0.39, 0.29) is 23.5 Å². The van der Waals surface area contributed by atoms with E-state index < -0.39 is 6.10 Å². The molecule has 2 atom stereocenters. The second-order valence-corrected chi connectivity index (χ2v) is 10.8. The average Bonchev–Trinajstić information content (AvgIpc) is 3.37. The molecular weight excluding hydrogens is 462 g/mol. The molecule has 6 nitrogen and oxygen atoms in total. The normalized spacial score (nSPS) is 24.1. The molecule has 1 N–H and O–H groups in total. The summed E-state index contributed by atoms with van der Waals surface area (Å²) >= 11 is 0. The second kappa shape index (κ2) is 11.1. The Bertz CT molecular complexity index is 1130. The number of ether oxygens (including phenoxy) is 1. The van der Waals surface area contributed by atoms with Gasteiger partial charge in [0.2, 0.25) is 5.91 Å². The molecule has 1 saturated heterocycles. The van der Waals surface area contributed by atoms with Crippen LogP contribution < -0.4 is 15.1 Å². The van der Waals surface area contributed by atoms with Gasteiger partial charge < -0.3 is 19.9 Å². The van der Waals surface area contributed by atoms with E-state index >= 15 is 0 Å². The first-order chi connectivity index (χ1) is 18.0. The Morgan fingerprint density at radius 2 is 1.73 bits per heavy atom. The first-order valence-electron chi connectivity index (χ1n) is 13.8. The largest absolute Gasteiger partial charge is 0.381 e. The third kappa shape index (κ3) is 5.59. The van der Waals surface area contributed by atoms with Gasteiger partial charge in [0.25, 0.3) is 5.91 Å². The first-order valence-corrected chi connectivity index (χ1v) is 13.8. The van der Waals surface area contributed by atoms with Crippen molar-refractivity contribution in [3.05, 3.63) is 66.2 Å². The van der Waals surface area contributed by atoms with Crippen molar-refractivity contribution in [3.63, 3.8) is 0 Å². The van der Waals surface area contributed by atoms with Crippen molar-refractivity contribution in [2.24, 2.45) is 0 Å². The van der Waals surface area contributed by atoms with Gasteiger partial charge in [0.15, 0.2) is 0 Å². The third-order valence-corrected chi connectivity index (χ3v) is 8.06. The van der Waals surface area contributed by atoms with Gasteiger partial charge in [0.1, 0.15) is 6.10 Å². The van der Waals surface area contributed by atoms with Crippen LogP contribution in [0.4, 0.5) is 17.1 Å². The highest BCUT2D eigenvalue weighted by Gasteiger charge is 2.45. The summed E-state index contributed by atoms with van der Waals surface area (Å²) in [7, 11) is 0. The van der Waals surface area contributed by atoms with Crippen LogP contribution in [0.3, 0.4) is 0 Å². The first kappa shape index (κ1) is 25.5. The van der Waals surface area contributed by atoms with Gasteiger partial charge in [-0.1, -0.05) is 42.5 Å². The summed E-state index contributed by atoms with van der Waals surface area (Å²) in [6.07, 6.45) is 12.2. The fourth-order valence-electron chi connectivity index (χ4n) is 6.20. The van der Waals surface area contributed by atoms with Gasteiger partial charge in [-0.2, -0.15) is 0 Å². The number of carbonyl (C=O) groups excluding carboxylic acids is 2. The van der Waals surface area contributed by atoms with Crippen molar-refractivity contribution in [3.8, 4) is 0 Å². The van der Waals surface area contributed by atoms with E-state index in [4.69, 9.17) is 4.74 Å². The van der Waals surface area contributed by atoms with Crippen molar-refractivity contribution >= 4 is 28.9 Å². The minimum atomic E-state index is -0.432. The number of amides is 2. The maximum Gasteiger partial charge on any atom is 0.256 e. The number of hydrogen-bond donors (Lipinski definition) is 1. The number of carbonyl (C=O) groups is 2. The summed E-state index contributed by atoms with van der Waals surface area (Å²) in [5.41, 5.74) is 3.49. The number of allylic oxidation sites excluding steroid dienone is 2. The minimum Gasteiger partial charge on any atom is -0.381 e. The number of anilines is 3. The molecule has 1 aliphatic carbocycles. The molecule has 0 bridgehead atoms. The number of nitrogens with one attached hydrogen (secondary N) is 1. The standard InChI is InChI=1S/C31H39N3O3/c1-23-22-33(30(36)29-16-19-31(37-29)17-10-5-3-4-6-11-18-31)28-20-26(14-15-27(28)34(23)24(2)35)32-21-25-12-8-7-9-13-25/h3-4,7-9,12-15,20,23,29,32H,5-6,10-11,16-19,21-22H2,1-2H3/b4-3-/t23-,29?/m0/s1. The van der Waals surface area contributed by atoms with E-state index in [1.54, 1.807) is 6.92 Å². The number of fused-ring (bicyclic) bond motifs is 1. The molecular formula is C31H39N3O3. The highest BCUT2D eigenvalue weighted by Crippen LogP contribution is 2.43.